The maximum atomic E-state index is 12.3. The first-order valence-electron chi connectivity index (χ1n) is 6.87. The normalized spacial score (nSPS) is 10.1. The standard InChI is InChI=1S/C16H12N2O7/c1-8-12(3-2-4-13(8)18(24)25)14(19)17-11-6-9(15(20)21)5-10(7-11)16(22)23/h2-7H,1H3,(H,17,19)(H,20,21)(H,22,23). The van der Waals surface area contributed by atoms with Gasteiger partial charge in [-0.3, -0.25) is 14.9 Å². The van der Waals surface area contributed by atoms with E-state index in [0.717, 1.165) is 18.2 Å². The van der Waals surface area contributed by atoms with E-state index in [4.69, 9.17) is 10.2 Å². The smallest absolute Gasteiger partial charge is 0.335 e. The van der Waals surface area contributed by atoms with E-state index in [9.17, 15) is 24.5 Å². The van der Waals surface area contributed by atoms with Crippen LogP contribution in [0, 0.1) is 17.0 Å². The molecular weight excluding hydrogens is 332 g/mol. The molecule has 0 saturated heterocycles. The van der Waals surface area contributed by atoms with Crippen LogP contribution < -0.4 is 5.32 Å². The van der Waals surface area contributed by atoms with Gasteiger partial charge in [0.2, 0.25) is 0 Å². The number of carboxylic acids is 2. The number of carboxylic acid groups (broad SMARTS) is 2. The van der Waals surface area contributed by atoms with Gasteiger partial charge in [0.25, 0.3) is 11.6 Å². The first kappa shape index (κ1) is 17.6. The van der Waals surface area contributed by atoms with Crippen molar-refractivity contribution in [2.75, 3.05) is 5.32 Å². The number of nitrogens with zero attached hydrogens (tertiary/aromatic N) is 1. The molecule has 0 aliphatic rings. The van der Waals surface area contributed by atoms with Crippen LogP contribution in [0.15, 0.2) is 36.4 Å². The number of anilines is 1. The highest BCUT2D eigenvalue weighted by Gasteiger charge is 2.19. The zero-order valence-corrected chi connectivity index (χ0v) is 12.8. The molecule has 3 N–H and O–H groups in total. The number of hydrogen-bond acceptors (Lipinski definition) is 5. The van der Waals surface area contributed by atoms with Crippen LogP contribution in [0.3, 0.4) is 0 Å². The zero-order valence-electron chi connectivity index (χ0n) is 12.8. The second-order valence-corrected chi connectivity index (χ2v) is 5.07. The predicted octanol–water partition coefficient (Wildman–Crippen LogP) is 2.55. The van der Waals surface area contributed by atoms with Crippen LogP contribution in [0.5, 0.6) is 0 Å². The van der Waals surface area contributed by atoms with Gasteiger partial charge in [0.1, 0.15) is 0 Å². The zero-order chi connectivity index (χ0) is 18.7. The minimum absolute atomic E-state index is 0.0202. The summed E-state index contributed by atoms with van der Waals surface area (Å²) in [6.07, 6.45) is 0. The molecule has 25 heavy (non-hydrogen) atoms. The van der Waals surface area contributed by atoms with Crippen molar-refractivity contribution in [2.24, 2.45) is 0 Å². The Morgan fingerprint density at radius 3 is 2.08 bits per heavy atom. The fourth-order valence-electron chi connectivity index (χ4n) is 2.21. The van der Waals surface area contributed by atoms with E-state index in [0.29, 0.717) is 0 Å². The number of benzene rings is 2. The van der Waals surface area contributed by atoms with Crippen molar-refractivity contribution in [3.05, 3.63) is 68.8 Å². The van der Waals surface area contributed by atoms with Crippen molar-refractivity contribution in [3.63, 3.8) is 0 Å². The Kier molecular flexibility index (Phi) is 4.78. The average molecular weight is 344 g/mol. The minimum atomic E-state index is -1.36. The molecule has 0 aliphatic heterocycles. The third kappa shape index (κ3) is 3.78. The molecule has 0 radical (unpaired) electrons. The van der Waals surface area contributed by atoms with Gasteiger partial charge < -0.3 is 15.5 Å². The summed E-state index contributed by atoms with van der Waals surface area (Å²) >= 11 is 0. The molecule has 2 rings (SSSR count). The highest BCUT2D eigenvalue weighted by Crippen LogP contribution is 2.23. The largest absolute Gasteiger partial charge is 0.478 e. The van der Waals surface area contributed by atoms with Gasteiger partial charge in [0.15, 0.2) is 0 Å². The number of nitro groups is 1. The predicted molar refractivity (Wildman–Crippen MR) is 86.1 cm³/mol. The molecule has 0 fully saturated rings. The summed E-state index contributed by atoms with van der Waals surface area (Å²) in [6.45, 7) is 1.41. The van der Waals surface area contributed by atoms with E-state index in [1.807, 2.05) is 0 Å². The topological polar surface area (TPSA) is 147 Å². The lowest BCUT2D eigenvalue weighted by molar-refractivity contribution is -0.385. The third-order valence-electron chi connectivity index (χ3n) is 3.43. The molecule has 9 nitrogen and oxygen atoms in total. The molecule has 0 bridgehead atoms. The molecule has 0 aromatic heterocycles. The molecule has 128 valence electrons. The highest BCUT2D eigenvalue weighted by atomic mass is 16.6. The Balaban J connectivity index is 2.41. The summed E-state index contributed by atoms with van der Waals surface area (Å²) < 4.78 is 0. The van der Waals surface area contributed by atoms with Gasteiger partial charge in [0, 0.05) is 22.9 Å². The van der Waals surface area contributed by atoms with Gasteiger partial charge in [0.05, 0.1) is 16.1 Å². The summed E-state index contributed by atoms with van der Waals surface area (Å²) in [5.74, 6) is -3.43. The first-order chi connectivity index (χ1) is 11.7. The van der Waals surface area contributed by atoms with Crippen molar-refractivity contribution in [1.29, 1.82) is 0 Å². The van der Waals surface area contributed by atoms with Gasteiger partial charge in [-0.05, 0) is 31.2 Å². The molecule has 9 heteroatoms. The van der Waals surface area contributed by atoms with Gasteiger partial charge in [-0.25, -0.2) is 9.59 Å². The summed E-state index contributed by atoms with van der Waals surface area (Å²) in [5, 5.41) is 31.4. The molecule has 0 spiro atoms. The molecule has 0 heterocycles. The van der Waals surface area contributed by atoms with E-state index < -0.39 is 22.8 Å². The quantitative estimate of drug-likeness (QED) is 0.557. The second-order valence-electron chi connectivity index (χ2n) is 5.07. The number of nitrogens with one attached hydrogen (secondary N) is 1. The molecule has 0 unspecified atom stereocenters. The average Bonchev–Trinajstić information content (AvgIpc) is 2.54. The fraction of sp³-hybridized carbons (Fsp3) is 0.0625. The number of carbonyl (C=O) groups is 3. The van der Waals surface area contributed by atoms with Crippen molar-refractivity contribution >= 4 is 29.2 Å². The van der Waals surface area contributed by atoms with Crippen molar-refractivity contribution in [1.82, 2.24) is 0 Å². The number of rotatable bonds is 5. The van der Waals surface area contributed by atoms with Crippen molar-refractivity contribution in [2.45, 2.75) is 6.92 Å². The molecule has 2 aromatic carbocycles. The van der Waals surface area contributed by atoms with Gasteiger partial charge in [-0.1, -0.05) is 6.07 Å². The van der Waals surface area contributed by atoms with E-state index >= 15 is 0 Å². The molecule has 0 aliphatic carbocycles. The van der Waals surface area contributed by atoms with E-state index in [1.54, 1.807) is 0 Å². The lowest BCUT2D eigenvalue weighted by atomic mass is 10.1. The lowest BCUT2D eigenvalue weighted by Crippen LogP contribution is -2.15. The van der Waals surface area contributed by atoms with Gasteiger partial charge in [-0.15, -0.1) is 0 Å². The number of amides is 1. The minimum Gasteiger partial charge on any atom is -0.478 e. The molecule has 0 atom stereocenters. The van der Waals surface area contributed by atoms with Gasteiger partial charge >= 0.3 is 11.9 Å². The number of hydrogen-bond donors (Lipinski definition) is 3. The van der Waals surface area contributed by atoms with Crippen LogP contribution in [0.4, 0.5) is 11.4 Å². The van der Waals surface area contributed by atoms with Crippen LogP contribution in [0.1, 0.15) is 36.6 Å². The number of carbonyl (C=O) groups excluding carboxylic acids is 1. The highest BCUT2D eigenvalue weighted by molar-refractivity contribution is 6.07. The van der Waals surface area contributed by atoms with E-state index in [2.05, 4.69) is 5.32 Å². The summed E-state index contributed by atoms with van der Waals surface area (Å²) in [6, 6.07) is 7.12. The Labute approximate surface area is 140 Å². The van der Waals surface area contributed by atoms with E-state index in [1.165, 1.54) is 25.1 Å². The molecule has 1 amide bonds. The van der Waals surface area contributed by atoms with Crippen molar-refractivity contribution < 1.29 is 29.5 Å². The SMILES string of the molecule is Cc1c(C(=O)Nc2cc(C(=O)O)cc(C(=O)O)c2)cccc1[N+](=O)[O-]. The maximum Gasteiger partial charge on any atom is 0.335 e. The monoisotopic (exact) mass is 344 g/mol. The van der Waals surface area contributed by atoms with Crippen LogP contribution in [-0.4, -0.2) is 33.0 Å². The molecule has 0 saturated carbocycles. The Morgan fingerprint density at radius 2 is 1.60 bits per heavy atom. The maximum absolute atomic E-state index is 12.3. The first-order valence-corrected chi connectivity index (χ1v) is 6.87. The van der Waals surface area contributed by atoms with Crippen LogP contribution >= 0.6 is 0 Å². The Bertz CT molecular complexity index is 873. The van der Waals surface area contributed by atoms with Crippen LogP contribution in [0.2, 0.25) is 0 Å². The summed E-state index contributed by atoms with van der Waals surface area (Å²) in [5.41, 5.74) is -0.757. The molecule has 2 aromatic rings. The Morgan fingerprint density at radius 1 is 1.04 bits per heavy atom. The number of nitro benzene ring substituents is 1. The fourth-order valence-corrected chi connectivity index (χ4v) is 2.21. The van der Waals surface area contributed by atoms with Gasteiger partial charge in [-0.2, -0.15) is 0 Å². The third-order valence-corrected chi connectivity index (χ3v) is 3.43. The molecular formula is C16H12N2O7. The summed E-state index contributed by atoms with van der Waals surface area (Å²) in [7, 11) is 0. The Hall–Kier alpha value is -3.75. The van der Waals surface area contributed by atoms with E-state index in [-0.39, 0.29) is 33.6 Å². The lowest BCUT2D eigenvalue weighted by Gasteiger charge is -2.09. The summed E-state index contributed by atoms with van der Waals surface area (Å²) in [4.78, 5) is 44.8. The van der Waals surface area contributed by atoms with Crippen LogP contribution in [0.25, 0.3) is 0 Å². The number of aromatic carboxylic acids is 2. The second kappa shape index (κ2) is 6.79. The van der Waals surface area contributed by atoms with Crippen molar-refractivity contribution in [3.8, 4) is 0 Å². The van der Waals surface area contributed by atoms with Crippen LogP contribution in [-0.2, 0) is 0 Å².